The number of benzene rings is 2. The van der Waals surface area contributed by atoms with E-state index < -0.39 is 0 Å². The molecule has 4 rings (SSSR count). The van der Waals surface area contributed by atoms with Gasteiger partial charge in [-0.05, 0) is 62.6 Å². The quantitative estimate of drug-likeness (QED) is 0.470. The fraction of sp³-hybridized carbons (Fsp3) is 0.435. The molecule has 5 nitrogen and oxygen atoms in total. The number of nitrogens with zero attached hydrogens (tertiary/aromatic N) is 2. The maximum Gasteiger partial charge on any atom is 0.279 e. The molecule has 1 fully saturated rings. The molecule has 2 aromatic carbocycles. The third-order valence-corrected chi connectivity index (χ3v) is 6.64. The lowest BCUT2D eigenvalue weighted by atomic mass is 10.0. The van der Waals surface area contributed by atoms with Crippen molar-refractivity contribution in [2.45, 2.75) is 31.2 Å². The van der Waals surface area contributed by atoms with Gasteiger partial charge in [0.15, 0.2) is 0 Å². The van der Waals surface area contributed by atoms with Crippen molar-refractivity contribution < 1.29 is 14.6 Å². The van der Waals surface area contributed by atoms with Crippen LogP contribution >= 0.6 is 11.3 Å². The number of aromatic nitrogens is 1. The zero-order chi connectivity index (χ0) is 20.1. The SMILES string of the molecule is CN(CCOCCO)C1(CCc2ccc(Oc3nc4ccccc4s3)cc2)CC1. The van der Waals surface area contributed by atoms with Gasteiger partial charge in [0.1, 0.15) is 5.75 Å². The Labute approximate surface area is 175 Å². The Hall–Kier alpha value is -1.99. The Morgan fingerprint density at radius 1 is 1.10 bits per heavy atom. The summed E-state index contributed by atoms with van der Waals surface area (Å²) in [5.74, 6) is 0.826. The fourth-order valence-corrected chi connectivity index (χ4v) is 4.50. The second-order valence-electron chi connectivity index (χ2n) is 7.68. The minimum absolute atomic E-state index is 0.0908. The van der Waals surface area contributed by atoms with Crippen LogP contribution in [-0.2, 0) is 11.2 Å². The van der Waals surface area contributed by atoms with E-state index in [1.165, 1.54) is 18.4 Å². The van der Waals surface area contributed by atoms with Gasteiger partial charge in [-0.2, -0.15) is 0 Å². The van der Waals surface area contributed by atoms with Crippen molar-refractivity contribution in [3.05, 3.63) is 54.1 Å². The van der Waals surface area contributed by atoms with Crippen LogP contribution in [0, 0.1) is 0 Å². The van der Waals surface area contributed by atoms with E-state index in [1.807, 2.05) is 30.3 Å². The molecule has 1 saturated carbocycles. The van der Waals surface area contributed by atoms with E-state index in [9.17, 15) is 0 Å². The Morgan fingerprint density at radius 3 is 2.62 bits per heavy atom. The largest absolute Gasteiger partial charge is 0.431 e. The first kappa shape index (κ1) is 20.3. The second-order valence-corrected chi connectivity index (χ2v) is 8.67. The van der Waals surface area contributed by atoms with E-state index in [1.54, 1.807) is 11.3 Å². The van der Waals surface area contributed by atoms with E-state index in [2.05, 4.69) is 35.1 Å². The molecule has 0 unspecified atom stereocenters. The second kappa shape index (κ2) is 9.22. The van der Waals surface area contributed by atoms with Crippen molar-refractivity contribution in [1.82, 2.24) is 9.88 Å². The van der Waals surface area contributed by atoms with Gasteiger partial charge in [-0.15, -0.1) is 0 Å². The van der Waals surface area contributed by atoms with Crippen LogP contribution in [0.5, 0.6) is 10.9 Å². The van der Waals surface area contributed by atoms with Crippen molar-refractivity contribution in [1.29, 1.82) is 0 Å². The highest BCUT2D eigenvalue weighted by Crippen LogP contribution is 2.44. The summed E-state index contributed by atoms with van der Waals surface area (Å²) in [6, 6.07) is 16.5. The van der Waals surface area contributed by atoms with Crippen molar-refractivity contribution in [3.8, 4) is 10.9 Å². The molecule has 1 N–H and O–H groups in total. The highest BCUT2D eigenvalue weighted by atomic mass is 32.1. The molecule has 0 amide bonds. The van der Waals surface area contributed by atoms with Crippen molar-refractivity contribution >= 4 is 21.6 Å². The molecule has 1 aliphatic rings. The number of fused-ring (bicyclic) bond motifs is 1. The molecular formula is C23H28N2O3S. The van der Waals surface area contributed by atoms with Crippen LogP contribution in [0.2, 0.25) is 0 Å². The summed E-state index contributed by atoms with van der Waals surface area (Å²) in [5, 5.41) is 9.48. The van der Waals surface area contributed by atoms with Crippen LogP contribution in [0.3, 0.4) is 0 Å². The van der Waals surface area contributed by atoms with Crippen LogP contribution in [0.4, 0.5) is 0 Å². The normalized spacial score (nSPS) is 15.1. The van der Waals surface area contributed by atoms with Crippen molar-refractivity contribution in [3.63, 3.8) is 0 Å². The van der Waals surface area contributed by atoms with Gasteiger partial charge in [0.05, 0.1) is 30.0 Å². The predicted octanol–water partition coefficient (Wildman–Crippen LogP) is 4.49. The number of hydrogen-bond donors (Lipinski definition) is 1. The number of rotatable bonds is 11. The molecule has 0 spiro atoms. The fourth-order valence-electron chi connectivity index (χ4n) is 3.67. The molecule has 0 bridgehead atoms. The van der Waals surface area contributed by atoms with Crippen LogP contribution in [0.25, 0.3) is 10.2 Å². The van der Waals surface area contributed by atoms with Gasteiger partial charge >= 0.3 is 0 Å². The van der Waals surface area contributed by atoms with Gasteiger partial charge in [0, 0.05) is 12.1 Å². The minimum atomic E-state index is 0.0908. The number of aryl methyl sites for hydroxylation is 1. The summed E-state index contributed by atoms with van der Waals surface area (Å²) < 4.78 is 12.5. The monoisotopic (exact) mass is 412 g/mol. The molecule has 0 saturated heterocycles. The summed E-state index contributed by atoms with van der Waals surface area (Å²) in [7, 11) is 2.18. The summed E-state index contributed by atoms with van der Waals surface area (Å²) in [5.41, 5.74) is 2.63. The Balaban J connectivity index is 1.28. The number of hydrogen-bond acceptors (Lipinski definition) is 6. The molecule has 3 aromatic rings. The number of aliphatic hydroxyl groups is 1. The summed E-state index contributed by atoms with van der Waals surface area (Å²) in [4.78, 5) is 6.96. The van der Waals surface area contributed by atoms with Gasteiger partial charge in [0.2, 0.25) is 0 Å². The Kier molecular flexibility index (Phi) is 6.45. The highest BCUT2D eigenvalue weighted by molar-refractivity contribution is 7.20. The van der Waals surface area contributed by atoms with Gasteiger partial charge < -0.3 is 14.6 Å². The van der Waals surface area contributed by atoms with E-state index >= 15 is 0 Å². The first-order chi connectivity index (χ1) is 14.2. The molecule has 1 aromatic heterocycles. The van der Waals surface area contributed by atoms with Crippen LogP contribution < -0.4 is 4.74 Å². The van der Waals surface area contributed by atoms with Gasteiger partial charge in [-0.25, -0.2) is 4.98 Å². The van der Waals surface area contributed by atoms with E-state index in [4.69, 9.17) is 14.6 Å². The van der Waals surface area contributed by atoms with Gasteiger partial charge in [0.25, 0.3) is 5.19 Å². The highest BCUT2D eigenvalue weighted by Gasteiger charge is 2.45. The standard InChI is InChI=1S/C23H28N2O3S/c1-25(14-16-27-17-15-26)23(12-13-23)11-10-18-6-8-19(9-7-18)28-22-24-20-4-2-3-5-21(20)29-22/h2-9,26H,10-17H2,1H3. The Bertz CT molecular complexity index is 888. The summed E-state index contributed by atoms with van der Waals surface area (Å²) in [6.07, 6.45) is 4.72. The van der Waals surface area contributed by atoms with Crippen molar-refractivity contribution in [2.75, 3.05) is 33.4 Å². The lowest BCUT2D eigenvalue weighted by Gasteiger charge is -2.28. The number of thiazole rings is 1. The first-order valence-electron chi connectivity index (χ1n) is 10.2. The third-order valence-electron chi connectivity index (χ3n) is 5.73. The molecule has 0 radical (unpaired) electrons. The number of likely N-dealkylation sites (N-methyl/N-ethyl adjacent to an activating group) is 1. The van der Waals surface area contributed by atoms with Gasteiger partial charge in [-0.3, -0.25) is 4.90 Å². The lowest BCUT2D eigenvalue weighted by molar-refractivity contribution is 0.0659. The third kappa shape index (κ3) is 5.14. The average molecular weight is 413 g/mol. The molecular weight excluding hydrogens is 384 g/mol. The predicted molar refractivity (Wildman–Crippen MR) is 117 cm³/mol. The van der Waals surface area contributed by atoms with Crippen molar-refractivity contribution in [2.24, 2.45) is 0 Å². The number of aliphatic hydroxyl groups excluding tert-OH is 1. The number of para-hydroxylation sites is 1. The summed E-state index contributed by atoms with van der Waals surface area (Å²) >= 11 is 1.57. The molecule has 29 heavy (non-hydrogen) atoms. The number of ether oxygens (including phenoxy) is 2. The van der Waals surface area contributed by atoms with E-state index in [0.717, 1.165) is 35.4 Å². The lowest BCUT2D eigenvalue weighted by Crippen LogP contribution is -2.36. The first-order valence-corrected chi connectivity index (χ1v) is 11.0. The summed E-state index contributed by atoms with van der Waals surface area (Å²) in [6.45, 7) is 2.10. The maximum absolute atomic E-state index is 8.80. The molecule has 1 aliphatic carbocycles. The zero-order valence-corrected chi connectivity index (χ0v) is 17.7. The smallest absolute Gasteiger partial charge is 0.279 e. The van der Waals surface area contributed by atoms with Crippen LogP contribution in [0.15, 0.2) is 48.5 Å². The topological polar surface area (TPSA) is 54.8 Å². The van der Waals surface area contributed by atoms with Crippen LogP contribution in [0.1, 0.15) is 24.8 Å². The Morgan fingerprint density at radius 2 is 1.90 bits per heavy atom. The zero-order valence-electron chi connectivity index (χ0n) is 16.8. The molecule has 0 aliphatic heterocycles. The van der Waals surface area contributed by atoms with E-state index in [0.29, 0.717) is 23.9 Å². The molecule has 1 heterocycles. The minimum Gasteiger partial charge on any atom is -0.431 e. The van der Waals surface area contributed by atoms with Gasteiger partial charge in [-0.1, -0.05) is 35.6 Å². The van der Waals surface area contributed by atoms with E-state index in [-0.39, 0.29) is 6.61 Å². The molecule has 0 atom stereocenters. The molecule has 154 valence electrons. The molecule has 6 heteroatoms. The van der Waals surface area contributed by atoms with Crippen LogP contribution in [-0.4, -0.2) is 53.9 Å². The maximum atomic E-state index is 8.80. The average Bonchev–Trinajstić information content (AvgIpc) is 3.43.